The van der Waals surface area contributed by atoms with Gasteiger partial charge in [0.05, 0.1) is 16.8 Å². The normalized spacial score (nSPS) is 10.1. The predicted octanol–water partition coefficient (Wildman–Crippen LogP) is 3.13. The Labute approximate surface area is 87.2 Å². The van der Waals surface area contributed by atoms with Crippen molar-refractivity contribution in [2.24, 2.45) is 0 Å². The van der Waals surface area contributed by atoms with E-state index in [0.717, 1.165) is 22.2 Å². The van der Waals surface area contributed by atoms with Crippen LogP contribution >= 0.6 is 15.9 Å². The minimum Gasteiger partial charge on any atom is -0.490 e. The number of aryl methyl sites for hydroxylation is 1. The smallest absolute Gasteiger partial charge is 0.156 e. The Morgan fingerprint density at radius 3 is 2.69 bits per heavy atom. The van der Waals surface area contributed by atoms with E-state index >= 15 is 0 Å². The molecule has 2 N–H and O–H groups in total. The van der Waals surface area contributed by atoms with E-state index in [4.69, 9.17) is 10.5 Å². The Hall–Kier alpha value is -0.700. The third-order valence-corrected chi connectivity index (χ3v) is 2.26. The molecular weight excluding hydrogens is 230 g/mol. The molecule has 13 heavy (non-hydrogen) atoms. The zero-order valence-corrected chi connectivity index (χ0v) is 9.52. The van der Waals surface area contributed by atoms with Gasteiger partial charge in [-0.05, 0) is 47.0 Å². The monoisotopic (exact) mass is 243 g/mol. The summed E-state index contributed by atoms with van der Waals surface area (Å²) in [5.74, 6) is 0.757. The zero-order chi connectivity index (χ0) is 9.84. The molecule has 0 radical (unpaired) electrons. The number of rotatable bonds is 3. The van der Waals surface area contributed by atoms with E-state index in [1.165, 1.54) is 0 Å². The second-order valence-corrected chi connectivity index (χ2v) is 3.87. The van der Waals surface area contributed by atoms with Crippen LogP contribution in [0.2, 0.25) is 0 Å². The first-order valence-electron chi connectivity index (χ1n) is 4.33. The quantitative estimate of drug-likeness (QED) is 0.829. The Bertz CT molecular complexity index is 276. The van der Waals surface area contributed by atoms with Gasteiger partial charge in [0.15, 0.2) is 5.75 Å². The lowest BCUT2D eigenvalue weighted by Crippen LogP contribution is -2.00. The molecule has 0 unspecified atom stereocenters. The lowest BCUT2D eigenvalue weighted by atomic mass is 10.2. The van der Waals surface area contributed by atoms with Crippen LogP contribution in [0, 0.1) is 6.92 Å². The van der Waals surface area contributed by atoms with Gasteiger partial charge in [0.1, 0.15) is 0 Å². The largest absolute Gasteiger partial charge is 0.490 e. The molecule has 0 fully saturated rings. The van der Waals surface area contributed by atoms with Gasteiger partial charge in [-0.2, -0.15) is 0 Å². The van der Waals surface area contributed by atoms with Crippen molar-refractivity contribution in [3.8, 4) is 5.75 Å². The standard InChI is InChI=1S/C10H14BrNO/c1-3-4-13-10-8(11)5-7(2)6-9(10)12/h5-6H,3-4,12H2,1-2H3. The van der Waals surface area contributed by atoms with Crippen LogP contribution in [0.25, 0.3) is 0 Å². The highest BCUT2D eigenvalue weighted by atomic mass is 79.9. The summed E-state index contributed by atoms with van der Waals surface area (Å²) < 4.78 is 6.43. The Morgan fingerprint density at radius 1 is 1.46 bits per heavy atom. The molecule has 72 valence electrons. The summed E-state index contributed by atoms with van der Waals surface area (Å²) in [6.07, 6.45) is 0.986. The molecule has 1 rings (SSSR count). The number of benzene rings is 1. The maximum atomic E-state index is 5.81. The van der Waals surface area contributed by atoms with E-state index in [9.17, 15) is 0 Å². The van der Waals surface area contributed by atoms with Crippen LogP contribution in [0.1, 0.15) is 18.9 Å². The van der Waals surface area contributed by atoms with Crippen LogP contribution in [-0.4, -0.2) is 6.61 Å². The lowest BCUT2D eigenvalue weighted by Gasteiger charge is -2.10. The molecule has 0 bridgehead atoms. The molecule has 0 saturated carbocycles. The van der Waals surface area contributed by atoms with E-state index in [2.05, 4.69) is 22.9 Å². The van der Waals surface area contributed by atoms with Crippen molar-refractivity contribution in [3.05, 3.63) is 22.2 Å². The molecule has 0 spiro atoms. The number of hydrogen-bond acceptors (Lipinski definition) is 2. The molecule has 0 amide bonds. The van der Waals surface area contributed by atoms with Crippen molar-refractivity contribution in [2.75, 3.05) is 12.3 Å². The molecule has 0 aliphatic heterocycles. The average Bonchev–Trinajstić information content (AvgIpc) is 2.02. The number of nitrogen functional groups attached to an aromatic ring is 1. The van der Waals surface area contributed by atoms with Gasteiger partial charge in [-0.25, -0.2) is 0 Å². The van der Waals surface area contributed by atoms with Gasteiger partial charge < -0.3 is 10.5 Å². The second kappa shape index (κ2) is 4.51. The molecule has 0 aliphatic carbocycles. The minimum absolute atomic E-state index is 0.695. The van der Waals surface area contributed by atoms with Gasteiger partial charge in [0.25, 0.3) is 0 Å². The van der Waals surface area contributed by atoms with E-state index in [1.54, 1.807) is 0 Å². The van der Waals surface area contributed by atoms with Crippen LogP contribution < -0.4 is 10.5 Å². The highest BCUT2D eigenvalue weighted by Crippen LogP contribution is 2.32. The third kappa shape index (κ3) is 2.62. The van der Waals surface area contributed by atoms with Gasteiger partial charge in [-0.15, -0.1) is 0 Å². The van der Waals surface area contributed by atoms with Gasteiger partial charge in [0, 0.05) is 0 Å². The topological polar surface area (TPSA) is 35.2 Å². The number of hydrogen-bond donors (Lipinski definition) is 1. The Kier molecular flexibility index (Phi) is 3.60. The van der Waals surface area contributed by atoms with Crippen LogP contribution in [0.4, 0.5) is 5.69 Å². The molecule has 0 aliphatic rings. The summed E-state index contributed by atoms with van der Waals surface area (Å²) in [4.78, 5) is 0. The first-order chi connectivity index (χ1) is 6.15. The van der Waals surface area contributed by atoms with Gasteiger partial charge in [-0.1, -0.05) is 6.92 Å². The van der Waals surface area contributed by atoms with Crippen molar-refractivity contribution in [1.82, 2.24) is 0 Å². The Morgan fingerprint density at radius 2 is 2.15 bits per heavy atom. The van der Waals surface area contributed by atoms with Gasteiger partial charge >= 0.3 is 0 Å². The van der Waals surface area contributed by atoms with Crippen LogP contribution in [-0.2, 0) is 0 Å². The third-order valence-electron chi connectivity index (χ3n) is 1.67. The summed E-state index contributed by atoms with van der Waals surface area (Å²) in [7, 11) is 0. The van der Waals surface area contributed by atoms with Gasteiger partial charge in [-0.3, -0.25) is 0 Å². The second-order valence-electron chi connectivity index (χ2n) is 3.01. The summed E-state index contributed by atoms with van der Waals surface area (Å²) in [6.45, 7) is 4.77. The zero-order valence-electron chi connectivity index (χ0n) is 7.93. The highest BCUT2D eigenvalue weighted by Gasteiger charge is 2.05. The van der Waals surface area contributed by atoms with E-state index in [0.29, 0.717) is 12.3 Å². The summed E-state index contributed by atoms with van der Waals surface area (Å²) in [5.41, 5.74) is 7.64. The highest BCUT2D eigenvalue weighted by molar-refractivity contribution is 9.10. The van der Waals surface area contributed by atoms with Crippen LogP contribution in [0.3, 0.4) is 0 Å². The molecule has 0 saturated heterocycles. The lowest BCUT2D eigenvalue weighted by molar-refractivity contribution is 0.317. The van der Waals surface area contributed by atoms with Crippen molar-refractivity contribution in [2.45, 2.75) is 20.3 Å². The molecule has 1 aromatic carbocycles. The fourth-order valence-corrected chi connectivity index (χ4v) is 1.82. The first kappa shape index (κ1) is 10.4. The van der Waals surface area contributed by atoms with E-state index in [1.807, 2.05) is 19.1 Å². The summed E-state index contributed by atoms with van der Waals surface area (Å²) in [6, 6.07) is 3.91. The number of ether oxygens (including phenoxy) is 1. The SMILES string of the molecule is CCCOc1c(N)cc(C)cc1Br. The maximum Gasteiger partial charge on any atom is 0.156 e. The van der Waals surface area contributed by atoms with Gasteiger partial charge in [0.2, 0.25) is 0 Å². The van der Waals surface area contributed by atoms with Crippen LogP contribution in [0.15, 0.2) is 16.6 Å². The average molecular weight is 244 g/mol. The van der Waals surface area contributed by atoms with Crippen molar-refractivity contribution < 1.29 is 4.74 Å². The Balaban J connectivity index is 2.92. The fraction of sp³-hybridized carbons (Fsp3) is 0.400. The number of halogens is 1. The minimum atomic E-state index is 0.695. The molecule has 0 heterocycles. The predicted molar refractivity (Wildman–Crippen MR) is 59.1 cm³/mol. The molecule has 1 aromatic rings. The molecule has 2 nitrogen and oxygen atoms in total. The molecular formula is C10H14BrNO. The number of anilines is 1. The molecule has 0 atom stereocenters. The maximum absolute atomic E-state index is 5.81. The van der Waals surface area contributed by atoms with Crippen molar-refractivity contribution in [3.63, 3.8) is 0 Å². The summed E-state index contributed by atoms with van der Waals surface area (Å²) in [5, 5.41) is 0. The van der Waals surface area contributed by atoms with Crippen LogP contribution in [0.5, 0.6) is 5.75 Å². The van der Waals surface area contributed by atoms with Crippen molar-refractivity contribution in [1.29, 1.82) is 0 Å². The first-order valence-corrected chi connectivity index (χ1v) is 5.13. The number of nitrogens with two attached hydrogens (primary N) is 1. The van der Waals surface area contributed by atoms with Crippen molar-refractivity contribution >= 4 is 21.6 Å². The summed E-state index contributed by atoms with van der Waals surface area (Å²) >= 11 is 3.42. The van der Waals surface area contributed by atoms with E-state index < -0.39 is 0 Å². The molecule has 0 aromatic heterocycles. The molecule has 3 heteroatoms. The fourth-order valence-electron chi connectivity index (χ4n) is 1.11. The van der Waals surface area contributed by atoms with E-state index in [-0.39, 0.29) is 0 Å².